The summed E-state index contributed by atoms with van der Waals surface area (Å²) in [7, 11) is 0. The van der Waals surface area contributed by atoms with E-state index < -0.39 is 0 Å². The molecule has 1 heterocycles. The Morgan fingerprint density at radius 2 is 1.94 bits per heavy atom. The fourth-order valence-corrected chi connectivity index (χ4v) is 2.58. The van der Waals surface area contributed by atoms with Crippen LogP contribution >= 0.6 is 15.9 Å². The Labute approximate surface area is 112 Å². The molecule has 17 heavy (non-hydrogen) atoms. The van der Waals surface area contributed by atoms with Gasteiger partial charge in [-0.1, -0.05) is 13.8 Å². The van der Waals surface area contributed by atoms with Crippen molar-refractivity contribution in [3.8, 4) is 5.75 Å². The van der Waals surface area contributed by atoms with Crippen LogP contribution < -0.4 is 4.74 Å². The van der Waals surface area contributed by atoms with Crippen molar-refractivity contribution in [2.24, 2.45) is 5.41 Å². The van der Waals surface area contributed by atoms with Gasteiger partial charge in [0.25, 0.3) is 0 Å². The Morgan fingerprint density at radius 3 is 2.59 bits per heavy atom. The summed E-state index contributed by atoms with van der Waals surface area (Å²) in [5, 5.41) is 0. The summed E-state index contributed by atoms with van der Waals surface area (Å²) in [6.07, 6.45) is 8.79. The lowest BCUT2D eigenvalue weighted by molar-refractivity contribution is 0.0978. The van der Waals surface area contributed by atoms with Gasteiger partial charge in [-0.2, -0.15) is 0 Å². The Morgan fingerprint density at radius 1 is 1.29 bits per heavy atom. The van der Waals surface area contributed by atoms with E-state index in [1.54, 1.807) is 0 Å². The average molecular weight is 298 g/mol. The van der Waals surface area contributed by atoms with Crippen LogP contribution in [0.25, 0.3) is 0 Å². The van der Waals surface area contributed by atoms with Crippen molar-refractivity contribution in [1.82, 2.24) is 4.98 Å². The van der Waals surface area contributed by atoms with Crippen molar-refractivity contribution in [3.05, 3.63) is 22.4 Å². The number of hydrogen-bond donors (Lipinski definition) is 0. The van der Waals surface area contributed by atoms with Gasteiger partial charge in [0.2, 0.25) is 0 Å². The van der Waals surface area contributed by atoms with Crippen molar-refractivity contribution in [3.63, 3.8) is 0 Å². The minimum Gasteiger partial charge on any atom is -0.488 e. The largest absolute Gasteiger partial charge is 0.488 e. The summed E-state index contributed by atoms with van der Waals surface area (Å²) in [6.45, 7) is 6.75. The highest BCUT2D eigenvalue weighted by Gasteiger charge is 2.28. The van der Waals surface area contributed by atoms with E-state index in [-0.39, 0.29) is 0 Å². The molecule has 0 spiro atoms. The number of nitrogens with zero attached hydrogens (tertiary/aromatic N) is 1. The third kappa shape index (κ3) is 3.21. The molecule has 0 amide bonds. The molecule has 1 aliphatic rings. The summed E-state index contributed by atoms with van der Waals surface area (Å²) in [5.74, 6) is 0.920. The second-order valence-electron chi connectivity index (χ2n) is 5.73. The molecule has 1 aromatic heterocycles. The maximum absolute atomic E-state index is 6.07. The molecule has 3 heteroatoms. The first-order valence-electron chi connectivity index (χ1n) is 6.25. The van der Waals surface area contributed by atoms with Gasteiger partial charge in [0.15, 0.2) is 0 Å². The molecule has 1 saturated carbocycles. The van der Waals surface area contributed by atoms with E-state index in [2.05, 4.69) is 41.7 Å². The standard InChI is InChI=1S/C14H20BrNO/c1-10-12(15)8-16-9-13(10)17-11-4-6-14(2,3)7-5-11/h8-9,11H,4-7H2,1-3H3. The summed E-state index contributed by atoms with van der Waals surface area (Å²) in [5.41, 5.74) is 1.63. The minimum absolute atomic E-state index is 0.359. The van der Waals surface area contributed by atoms with Crippen LogP contribution in [0.15, 0.2) is 16.9 Å². The van der Waals surface area contributed by atoms with Crippen molar-refractivity contribution in [2.45, 2.75) is 52.6 Å². The first kappa shape index (κ1) is 12.9. The molecular formula is C14H20BrNO. The van der Waals surface area contributed by atoms with Crippen LogP contribution in [-0.4, -0.2) is 11.1 Å². The van der Waals surface area contributed by atoms with Gasteiger partial charge in [-0.15, -0.1) is 0 Å². The molecule has 1 aliphatic carbocycles. The molecule has 0 aliphatic heterocycles. The molecule has 2 nitrogen and oxygen atoms in total. The molecule has 94 valence electrons. The van der Waals surface area contributed by atoms with Crippen molar-refractivity contribution < 1.29 is 4.74 Å². The van der Waals surface area contributed by atoms with E-state index in [0.717, 1.165) is 28.6 Å². The fraction of sp³-hybridized carbons (Fsp3) is 0.643. The molecule has 1 fully saturated rings. The maximum atomic E-state index is 6.07. The minimum atomic E-state index is 0.359. The summed E-state index contributed by atoms with van der Waals surface area (Å²) < 4.78 is 7.09. The van der Waals surface area contributed by atoms with Crippen molar-refractivity contribution >= 4 is 15.9 Å². The summed E-state index contributed by atoms with van der Waals surface area (Å²) in [6, 6.07) is 0. The molecule has 0 saturated heterocycles. The smallest absolute Gasteiger partial charge is 0.142 e. The number of aromatic nitrogens is 1. The van der Waals surface area contributed by atoms with Gasteiger partial charge in [0.05, 0.1) is 12.3 Å². The number of halogens is 1. The third-order valence-corrected chi connectivity index (χ3v) is 4.49. The predicted molar refractivity (Wildman–Crippen MR) is 73.3 cm³/mol. The van der Waals surface area contributed by atoms with Crippen LogP contribution in [0.5, 0.6) is 5.75 Å². The topological polar surface area (TPSA) is 22.1 Å². The van der Waals surface area contributed by atoms with Crippen LogP contribution in [0.4, 0.5) is 0 Å². The highest BCUT2D eigenvalue weighted by molar-refractivity contribution is 9.10. The van der Waals surface area contributed by atoms with E-state index >= 15 is 0 Å². The molecule has 0 radical (unpaired) electrons. The van der Waals surface area contributed by atoms with Gasteiger partial charge in [-0.25, -0.2) is 0 Å². The number of rotatable bonds is 2. The first-order chi connectivity index (χ1) is 7.98. The van der Waals surface area contributed by atoms with Crippen LogP contribution in [0, 0.1) is 12.3 Å². The van der Waals surface area contributed by atoms with E-state index in [4.69, 9.17) is 4.74 Å². The number of hydrogen-bond acceptors (Lipinski definition) is 2. The Kier molecular flexibility index (Phi) is 3.76. The van der Waals surface area contributed by atoms with Gasteiger partial charge < -0.3 is 4.74 Å². The van der Waals surface area contributed by atoms with Gasteiger partial charge >= 0.3 is 0 Å². The summed E-state index contributed by atoms with van der Waals surface area (Å²) in [4.78, 5) is 4.17. The Bertz CT molecular complexity index is 393. The van der Waals surface area contributed by atoms with Gasteiger partial charge in [-0.05, 0) is 54.0 Å². The number of pyridine rings is 1. The van der Waals surface area contributed by atoms with E-state index in [0.29, 0.717) is 11.5 Å². The Hall–Kier alpha value is -0.570. The fourth-order valence-electron chi connectivity index (χ4n) is 2.27. The zero-order chi connectivity index (χ0) is 12.5. The van der Waals surface area contributed by atoms with Crippen molar-refractivity contribution in [1.29, 1.82) is 0 Å². The predicted octanol–water partition coefficient (Wildman–Crippen LogP) is 4.50. The molecule has 0 aromatic carbocycles. The highest BCUT2D eigenvalue weighted by Crippen LogP contribution is 2.37. The SMILES string of the molecule is Cc1c(Br)cncc1OC1CCC(C)(C)CC1. The zero-order valence-corrected chi connectivity index (χ0v) is 12.4. The lowest BCUT2D eigenvalue weighted by atomic mass is 9.76. The van der Waals surface area contributed by atoms with Gasteiger partial charge in [0.1, 0.15) is 5.75 Å². The normalized spacial score (nSPS) is 20.2. The zero-order valence-electron chi connectivity index (χ0n) is 10.8. The lowest BCUT2D eigenvalue weighted by Gasteiger charge is -2.34. The van der Waals surface area contributed by atoms with Gasteiger partial charge in [0, 0.05) is 16.2 Å². The monoisotopic (exact) mass is 297 g/mol. The number of ether oxygens (including phenoxy) is 1. The molecule has 0 unspecified atom stereocenters. The summed E-state index contributed by atoms with van der Waals surface area (Å²) >= 11 is 3.49. The second kappa shape index (κ2) is 4.97. The van der Waals surface area contributed by atoms with Gasteiger partial charge in [-0.3, -0.25) is 4.98 Å². The quantitative estimate of drug-likeness (QED) is 0.802. The van der Waals surface area contributed by atoms with Crippen LogP contribution in [0.3, 0.4) is 0 Å². The maximum Gasteiger partial charge on any atom is 0.142 e. The lowest BCUT2D eigenvalue weighted by Crippen LogP contribution is -2.28. The second-order valence-corrected chi connectivity index (χ2v) is 6.58. The van der Waals surface area contributed by atoms with Crippen molar-refractivity contribution in [2.75, 3.05) is 0 Å². The highest BCUT2D eigenvalue weighted by atomic mass is 79.9. The molecule has 0 N–H and O–H groups in total. The van der Waals surface area contributed by atoms with Crippen LogP contribution in [0.2, 0.25) is 0 Å². The van der Waals surface area contributed by atoms with Crippen LogP contribution in [0.1, 0.15) is 45.1 Å². The van der Waals surface area contributed by atoms with Crippen LogP contribution in [-0.2, 0) is 0 Å². The third-order valence-electron chi connectivity index (χ3n) is 3.69. The average Bonchev–Trinajstić information content (AvgIpc) is 2.27. The van der Waals surface area contributed by atoms with E-state index in [1.807, 2.05) is 12.4 Å². The Balaban J connectivity index is 2.00. The van der Waals surface area contributed by atoms with E-state index in [1.165, 1.54) is 12.8 Å². The molecule has 2 rings (SSSR count). The first-order valence-corrected chi connectivity index (χ1v) is 7.04. The molecule has 0 atom stereocenters. The molecule has 1 aromatic rings. The molecular weight excluding hydrogens is 278 g/mol. The molecule has 0 bridgehead atoms. The van der Waals surface area contributed by atoms with E-state index in [9.17, 15) is 0 Å².